The summed E-state index contributed by atoms with van der Waals surface area (Å²) in [5.74, 6) is 0.315. The average Bonchev–Trinajstić information content (AvgIpc) is 2.73. The Morgan fingerprint density at radius 2 is 1.57 bits per heavy atom. The topological polar surface area (TPSA) is 91.3 Å². The van der Waals surface area contributed by atoms with Gasteiger partial charge in [0.15, 0.2) is 0 Å². The first-order valence-corrected chi connectivity index (χ1v) is 11.0. The summed E-state index contributed by atoms with van der Waals surface area (Å²) in [6.07, 6.45) is 6.46. The second-order valence-corrected chi connectivity index (χ2v) is 6.97. The van der Waals surface area contributed by atoms with Crippen molar-refractivity contribution in [2.24, 2.45) is 5.18 Å². The first-order chi connectivity index (χ1) is 14.6. The van der Waals surface area contributed by atoms with Gasteiger partial charge in [0.2, 0.25) is 0 Å². The van der Waals surface area contributed by atoms with Gasteiger partial charge in [-0.25, -0.2) is 0 Å². The molecule has 168 valence electrons. The lowest BCUT2D eigenvalue weighted by molar-refractivity contribution is -0.144. The fourth-order valence-electron chi connectivity index (χ4n) is 3.20. The van der Waals surface area contributed by atoms with E-state index in [1.54, 1.807) is 13.8 Å². The Balaban J connectivity index is 2.69. The minimum atomic E-state index is -0.220. The number of hydrogen-bond acceptors (Lipinski definition) is 7. The second-order valence-electron chi connectivity index (χ2n) is 6.97. The van der Waals surface area contributed by atoms with Crippen molar-refractivity contribution in [3.8, 4) is 5.75 Å². The Labute approximate surface area is 179 Å². The van der Waals surface area contributed by atoms with E-state index in [0.29, 0.717) is 52.0 Å². The maximum absolute atomic E-state index is 11.8. The van der Waals surface area contributed by atoms with E-state index in [0.717, 1.165) is 49.0 Å². The van der Waals surface area contributed by atoms with E-state index in [1.807, 2.05) is 12.1 Å². The van der Waals surface area contributed by atoms with Crippen LogP contribution in [0, 0.1) is 4.91 Å². The molecule has 0 aliphatic heterocycles. The summed E-state index contributed by atoms with van der Waals surface area (Å²) in [4.78, 5) is 33.5. The molecule has 0 aromatic heterocycles. The Kier molecular flexibility index (Phi) is 14.0. The number of rotatable bonds is 17. The summed E-state index contributed by atoms with van der Waals surface area (Å²) in [6, 6.07) is 5.93. The van der Waals surface area contributed by atoms with Crippen molar-refractivity contribution in [1.29, 1.82) is 0 Å². The molecule has 1 aromatic rings. The highest BCUT2D eigenvalue weighted by molar-refractivity contribution is 5.70. The van der Waals surface area contributed by atoms with Crippen molar-refractivity contribution in [3.63, 3.8) is 0 Å². The molecule has 0 atom stereocenters. The third kappa shape index (κ3) is 10.9. The molecule has 0 N–H and O–H groups in total. The lowest BCUT2D eigenvalue weighted by Crippen LogP contribution is -2.10. The third-order valence-corrected chi connectivity index (χ3v) is 4.65. The largest absolute Gasteiger partial charge is 0.493 e. The van der Waals surface area contributed by atoms with Crippen molar-refractivity contribution >= 4 is 11.9 Å². The molecule has 0 spiro atoms. The van der Waals surface area contributed by atoms with E-state index in [1.165, 1.54) is 0 Å². The molecule has 0 saturated carbocycles. The molecule has 1 aromatic carbocycles. The first-order valence-electron chi connectivity index (χ1n) is 11.0. The summed E-state index contributed by atoms with van der Waals surface area (Å²) >= 11 is 0. The van der Waals surface area contributed by atoms with Gasteiger partial charge in [-0.2, -0.15) is 4.91 Å². The van der Waals surface area contributed by atoms with Gasteiger partial charge in [-0.1, -0.05) is 30.2 Å². The van der Waals surface area contributed by atoms with Crippen LogP contribution in [0.5, 0.6) is 5.75 Å². The second kappa shape index (κ2) is 16.4. The molecule has 0 aliphatic rings. The number of unbranched alkanes of at least 4 members (excludes halogenated alkanes) is 3. The number of ether oxygens (including phenoxy) is 3. The van der Waals surface area contributed by atoms with Gasteiger partial charge in [0, 0.05) is 12.8 Å². The summed E-state index contributed by atoms with van der Waals surface area (Å²) in [7, 11) is 0. The Hall–Kier alpha value is -2.44. The zero-order valence-corrected chi connectivity index (χ0v) is 18.3. The predicted octanol–water partition coefficient (Wildman–Crippen LogP) is 4.77. The highest BCUT2D eigenvalue weighted by Crippen LogP contribution is 2.26. The van der Waals surface area contributed by atoms with Crippen LogP contribution < -0.4 is 4.74 Å². The van der Waals surface area contributed by atoms with E-state index in [4.69, 9.17) is 14.2 Å². The van der Waals surface area contributed by atoms with Crippen LogP contribution in [0.4, 0.5) is 0 Å². The average molecular weight is 422 g/mol. The summed E-state index contributed by atoms with van der Waals surface area (Å²) in [5.41, 5.74) is 2.19. The number of carbonyl (C=O) groups excluding carboxylic acids is 2. The predicted molar refractivity (Wildman–Crippen MR) is 116 cm³/mol. The van der Waals surface area contributed by atoms with Crippen molar-refractivity contribution in [2.45, 2.75) is 71.6 Å². The summed E-state index contributed by atoms with van der Waals surface area (Å²) < 4.78 is 15.9. The Morgan fingerprint density at radius 1 is 0.867 bits per heavy atom. The number of benzene rings is 1. The van der Waals surface area contributed by atoms with Gasteiger partial charge in [-0.3, -0.25) is 9.59 Å². The maximum Gasteiger partial charge on any atom is 0.306 e. The first kappa shape index (κ1) is 25.6. The third-order valence-electron chi connectivity index (χ3n) is 4.65. The summed E-state index contributed by atoms with van der Waals surface area (Å²) in [5, 5.41) is 2.89. The molecule has 1 rings (SSSR count). The molecule has 7 nitrogen and oxygen atoms in total. The van der Waals surface area contributed by atoms with Crippen LogP contribution in [0.3, 0.4) is 0 Å². The molecule has 0 bridgehead atoms. The normalized spacial score (nSPS) is 10.5. The van der Waals surface area contributed by atoms with E-state index in [9.17, 15) is 14.5 Å². The fourth-order valence-corrected chi connectivity index (χ4v) is 3.20. The lowest BCUT2D eigenvalue weighted by atomic mass is 9.96. The number of esters is 2. The Bertz CT molecular complexity index is 647. The molecule has 0 unspecified atom stereocenters. The quantitative estimate of drug-likeness (QED) is 0.204. The van der Waals surface area contributed by atoms with E-state index < -0.39 is 0 Å². The zero-order valence-electron chi connectivity index (χ0n) is 18.3. The molecule has 30 heavy (non-hydrogen) atoms. The number of carbonyl (C=O) groups is 2. The van der Waals surface area contributed by atoms with Gasteiger partial charge < -0.3 is 14.2 Å². The van der Waals surface area contributed by atoms with Crippen LogP contribution in [0.2, 0.25) is 0 Å². The number of nitroso groups, excluding NO2 is 1. The van der Waals surface area contributed by atoms with Gasteiger partial charge in [0.25, 0.3) is 0 Å². The van der Waals surface area contributed by atoms with Crippen molar-refractivity contribution < 1.29 is 23.8 Å². The van der Waals surface area contributed by atoms with Gasteiger partial charge in [-0.15, -0.1) is 0 Å². The maximum atomic E-state index is 11.8. The highest BCUT2D eigenvalue weighted by atomic mass is 16.5. The Morgan fingerprint density at radius 3 is 2.27 bits per heavy atom. The number of aryl methyl sites for hydroxylation is 1. The smallest absolute Gasteiger partial charge is 0.306 e. The van der Waals surface area contributed by atoms with Crippen LogP contribution in [0.25, 0.3) is 0 Å². The van der Waals surface area contributed by atoms with Gasteiger partial charge in [0.05, 0.1) is 26.4 Å². The monoisotopic (exact) mass is 421 g/mol. The van der Waals surface area contributed by atoms with E-state index >= 15 is 0 Å². The van der Waals surface area contributed by atoms with Crippen LogP contribution >= 0.6 is 0 Å². The van der Waals surface area contributed by atoms with Crippen LogP contribution in [0.15, 0.2) is 23.4 Å². The van der Waals surface area contributed by atoms with Crippen LogP contribution in [0.1, 0.15) is 69.9 Å². The number of nitrogens with zero attached hydrogens (tertiary/aromatic N) is 1. The van der Waals surface area contributed by atoms with Crippen LogP contribution in [-0.2, 0) is 31.9 Å². The minimum absolute atomic E-state index is 0.220. The van der Waals surface area contributed by atoms with Gasteiger partial charge in [-0.05, 0) is 63.1 Å². The molecule has 0 fully saturated rings. The molecule has 0 saturated heterocycles. The molecule has 0 amide bonds. The molecule has 0 radical (unpaired) electrons. The van der Waals surface area contributed by atoms with Crippen LogP contribution in [-0.4, -0.2) is 38.3 Å². The molecule has 0 heterocycles. The van der Waals surface area contributed by atoms with E-state index in [-0.39, 0.29) is 11.9 Å². The number of hydrogen-bond donors (Lipinski definition) is 0. The lowest BCUT2D eigenvalue weighted by Gasteiger charge is -2.16. The molecular weight excluding hydrogens is 386 g/mol. The standard InChI is InChI=1S/C23H35NO6/c1-3-28-22(25)14-10-18-30-21-13-9-12-19(11-7-5-6-8-17-24-27)20(21)15-16-23(26)29-4-2/h9,12-13H,3-8,10-11,14-18H2,1-2H3. The van der Waals surface area contributed by atoms with Gasteiger partial charge >= 0.3 is 11.9 Å². The SMILES string of the molecule is CCOC(=O)CCCOc1cccc(CCCCCCN=O)c1CCC(=O)OCC. The fraction of sp³-hybridized carbons (Fsp3) is 0.652. The minimum Gasteiger partial charge on any atom is -0.493 e. The highest BCUT2D eigenvalue weighted by Gasteiger charge is 2.13. The molecule has 7 heteroatoms. The van der Waals surface area contributed by atoms with Crippen molar-refractivity contribution in [1.82, 2.24) is 0 Å². The van der Waals surface area contributed by atoms with E-state index in [2.05, 4.69) is 11.2 Å². The van der Waals surface area contributed by atoms with Crippen molar-refractivity contribution in [3.05, 3.63) is 34.2 Å². The summed E-state index contributed by atoms with van der Waals surface area (Å²) in [6.45, 7) is 5.12. The molecule has 0 aliphatic carbocycles. The zero-order chi connectivity index (χ0) is 22.0. The van der Waals surface area contributed by atoms with Gasteiger partial charge in [0.1, 0.15) is 5.75 Å². The molecular formula is C23H35NO6. The van der Waals surface area contributed by atoms with Crippen molar-refractivity contribution in [2.75, 3.05) is 26.4 Å².